The smallest absolute Gasteiger partial charge is 0.241 e. The second-order valence-corrected chi connectivity index (χ2v) is 7.30. The van der Waals surface area contributed by atoms with Crippen molar-refractivity contribution in [2.24, 2.45) is 0 Å². The van der Waals surface area contributed by atoms with Crippen LogP contribution in [0.25, 0.3) is 0 Å². The van der Waals surface area contributed by atoms with Gasteiger partial charge in [0.15, 0.2) is 0 Å². The summed E-state index contributed by atoms with van der Waals surface area (Å²) < 4.78 is 32.5. The van der Waals surface area contributed by atoms with E-state index in [1.54, 1.807) is 18.5 Å². The van der Waals surface area contributed by atoms with Crippen molar-refractivity contribution in [3.63, 3.8) is 0 Å². The van der Waals surface area contributed by atoms with E-state index in [0.717, 1.165) is 30.7 Å². The van der Waals surface area contributed by atoms with Crippen LogP contribution in [0, 0.1) is 0 Å². The second-order valence-electron chi connectivity index (χ2n) is 4.56. The molecule has 108 valence electrons. The van der Waals surface area contributed by atoms with Crippen molar-refractivity contribution in [2.45, 2.75) is 36.8 Å². The van der Waals surface area contributed by atoms with Crippen LogP contribution in [0.15, 0.2) is 16.3 Å². The summed E-state index contributed by atoms with van der Waals surface area (Å²) in [4.78, 5) is 1.23. The van der Waals surface area contributed by atoms with Gasteiger partial charge >= 0.3 is 0 Å². The first-order valence-electron chi connectivity index (χ1n) is 6.45. The molecular weight excluding hydrogens is 284 g/mol. The number of nitrogens with one attached hydrogen (secondary N) is 2. The van der Waals surface area contributed by atoms with Crippen LogP contribution in [0.4, 0.5) is 0 Å². The molecule has 1 aromatic rings. The van der Waals surface area contributed by atoms with Gasteiger partial charge in [0.05, 0.1) is 11.0 Å². The molecule has 5 nitrogen and oxygen atoms in total. The Bertz CT molecular complexity index is 493. The van der Waals surface area contributed by atoms with E-state index < -0.39 is 10.0 Å². The summed E-state index contributed by atoms with van der Waals surface area (Å²) >= 11 is 1.45. The van der Waals surface area contributed by atoms with Crippen molar-refractivity contribution in [3.8, 4) is 0 Å². The first kappa shape index (κ1) is 14.9. The number of rotatable bonds is 7. The molecule has 2 N–H and O–H groups in total. The Hall–Kier alpha value is -0.470. The molecule has 2 heterocycles. The molecule has 1 aliphatic rings. The lowest BCUT2D eigenvalue weighted by Crippen LogP contribution is -2.28. The van der Waals surface area contributed by atoms with Gasteiger partial charge in [-0.3, -0.25) is 0 Å². The van der Waals surface area contributed by atoms with Gasteiger partial charge in [-0.25, -0.2) is 13.1 Å². The minimum Gasteiger partial charge on any atom is -0.378 e. The fourth-order valence-corrected chi connectivity index (χ4v) is 4.66. The third kappa shape index (κ3) is 4.00. The number of hydrogen-bond donors (Lipinski definition) is 2. The Balaban J connectivity index is 1.91. The molecule has 19 heavy (non-hydrogen) atoms. The average molecular weight is 304 g/mol. The summed E-state index contributed by atoms with van der Waals surface area (Å²) in [5, 5.41) is 4.79. The Kier molecular flexibility index (Phi) is 5.35. The van der Waals surface area contributed by atoms with Crippen molar-refractivity contribution in [1.82, 2.24) is 10.0 Å². The molecular formula is C12H20N2O3S2. The van der Waals surface area contributed by atoms with Crippen LogP contribution in [0.3, 0.4) is 0 Å². The van der Waals surface area contributed by atoms with E-state index in [1.165, 1.54) is 11.3 Å². The Morgan fingerprint density at radius 2 is 2.37 bits per heavy atom. The van der Waals surface area contributed by atoms with Crippen molar-refractivity contribution in [2.75, 3.05) is 20.2 Å². The summed E-state index contributed by atoms with van der Waals surface area (Å²) in [6, 6.07) is 1.66. The zero-order valence-electron chi connectivity index (χ0n) is 11.0. The number of sulfonamides is 1. The van der Waals surface area contributed by atoms with E-state index in [0.29, 0.717) is 18.0 Å². The SMILES string of the molecule is CNCc1sccc1S(=O)(=O)NCCC1CCCO1. The average Bonchev–Trinajstić information content (AvgIpc) is 3.00. The van der Waals surface area contributed by atoms with Gasteiger partial charge in [-0.2, -0.15) is 0 Å². The first-order valence-corrected chi connectivity index (χ1v) is 8.82. The minimum atomic E-state index is -3.40. The third-order valence-electron chi connectivity index (χ3n) is 3.11. The molecule has 2 rings (SSSR count). The Labute approximate surface area is 118 Å². The largest absolute Gasteiger partial charge is 0.378 e. The summed E-state index contributed by atoms with van der Waals surface area (Å²) in [6.45, 7) is 1.80. The Morgan fingerprint density at radius 3 is 3.05 bits per heavy atom. The van der Waals surface area contributed by atoms with E-state index >= 15 is 0 Å². The van der Waals surface area contributed by atoms with Crippen molar-refractivity contribution >= 4 is 21.4 Å². The predicted octanol–water partition coefficient (Wildman–Crippen LogP) is 1.31. The second kappa shape index (κ2) is 6.81. The molecule has 7 heteroatoms. The fraction of sp³-hybridized carbons (Fsp3) is 0.667. The van der Waals surface area contributed by atoms with Crippen LogP contribution in [-0.2, 0) is 21.3 Å². The van der Waals surface area contributed by atoms with Gasteiger partial charge in [-0.05, 0) is 37.8 Å². The molecule has 1 saturated heterocycles. The highest BCUT2D eigenvalue weighted by atomic mass is 32.2. The van der Waals surface area contributed by atoms with Crippen LogP contribution in [0.1, 0.15) is 24.1 Å². The molecule has 0 bridgehead atoms. The topological polar surface area (TPSA) is 67.4 Å². The van der Waals surface area contributed by atoms with Crippen LogP contribution in [0.5, 0.6) is 0 Å². The van der Waals surface area contributed by atoms with Gasteiger partial charge in [0, 0.05) is 24.6 Å². The van der Waals surface area contributed by atoms with Gasteiger partial charge in [0.1, 0.15) is 0 Å². The summed E-state index contributed by atoms with van der Waals surface area (Å²) in [5.41, 5.74) is 0. The van der Waals surface area contributed by atoms with Gasteiger partial charge in [0.2, 0.25) is 10.0 Å². The van der Waals surface area contributed by atoms with Crippen molar-refractivity contribution < 1.29 is 13.2 Å². The zero-order chi connectivity index (χ0) is 13.7. The highest BCUT2D eigenvalue weighted by molar-refractivity contribution is 7.89. The molecule has 0 amide bonds. The quantitative estimate of drug-likeness (QED) is 0.797. The number of thiophene rings is 1. The summed E-state index contributed by atoms with van der Waals surface area (Å²) in [7, 11) is -1.59. The lowest BCUT2D eigenvalue weighted by atomic mass is 10.2. The fourth-order valence-electron chi connectivity index (χ4n) is 2.16. The van der Waals surface area contributed by atoms with Gasteiger partial charge < -0.3 is 10.1 Å². The van der Waals surface area contributed by atoms with E-state index in [4.69, 9.17) is 4.74 Å². The first-order chi connectivity index (χ1) is 9.13. The molecule has 0 aliphatic carbocycles. The lowest BCUT2D eigenvalue weighted by Gasteiger charge is -2.11. The van der Waals surface area contributed by atoms with Gasteiger partial charge in [-0.15, -0.1) is 11.3 Å². The van der Waals surface area contributed by atoms with Crippen molar-refractivity contribution in [1.29, 1.82) is 0 Å². The molecule has 0 aromatic carbocycles. The molecule has 0 radical (unpaired) electrons. The maximum atomic E-state index is 12.2. The molecule has 1 atom stereocenters. The maximum Gasteiger partial charge on any atom is 0.241 e. The summed E-state index contributed by atoms with van der Waals surface area (Å²) in [6.07, 6.45) is 3.06. The third-order valence-corrected chi connectivity index (χ3v) is 5.71. The number of hydrogen-bond acceptors (Lipinski definition) is 5. The zero-order valence-corrected chi connectivity index (χ0v) is 12.6. The molecule has 0 spiro atoms. The van der Waals surface area contributed by atoms with Crippen LogP contribution in [-0.4, -0.2) is 34.7 Å². The van der Waals surface area contributed by atoms with Gasteiger partial charge in [-0.1, -0.05) is 0 Å². The van der Waals surface area contributed by atoms with Crippen LogP contribution in [0.2, 0.25) is 0 Å². The molecule has 0 saturated carbocycles. The standard InChI is InChI=1S/C12H20N2O3S2/c1-13-9-11-12(5-8-18-11)19(15,16)14-6-4-10-3-2-7-17-10/h5,8,10,13-14H,2-4,6-7,9H2,1H3. The lowest BCUT2D eigenvalue weighted by molar-refractivity contribution is 0.105. The highest BCUT2D eigenvalue weighted by Crippen LogP contribution is 2.22. The molecule has 1 unspecified atom stereocenters. The molecule has 1 aromatic heterocycles. The highest BCUT2D eigenvalue weighted by Gasteiger charge is 2.20. The van der Waals surface area contributed by atoms with E-state index in [9.17, 15) is 8.42 Å². The van der Waals surface area contributed by atoms with E-state index in [2.05, 4.69) is 10.0 Å². The van der Waals surface area contributed by atoms with Crippen LogP contribution < -0.4 is 10.0 Å². The van der Waals surface area contributed by atoms with Crippen molar-refractivity contribution in [3.05, 3.63) is 16.3 Å². The number of ether oxygens (including phenoxy) is 1. The minimum absolute atomic E-state index is 0.210. The summed E-state index contributed by atoms with van der Waals surface area (Å²) in [5.74, 6) is 0. The molecule has 1 fully saturated rings. The monoisotopic (exact) mass is 304 g/mol. The van der Waals surface area contributed by atoms with E-state index in [1.807, 2.05) is 0 Å². The predicted molar refractivity (Wildman–Crippen MR) is 75.9 cm³/mol. The normalized spacial score (nSPS) is 19.9. The maximum absolute atomic E-state index is 12.2. The van der Waals surface area contributed by atoms with Crippen LogP contribution >= 0.6 is 11.3 Å². The molecule has 1 aliphatic heterocycles. The Morgan fingerprint density at radius 1 is 1.53 bits per heavy atom. The van der Waals surface area contributed by atoms with Gasteiger partial charge in [0.25, 0.3) is 0 Å². The van der Waals surface area contributed by atoms with E-state index in [-0.39, 0.29) is 6.10 Å².